The van der Waals surface area contributed by atoms with Crippen molar-refractivity contribution >= 4 is 28.1 Å². The zero-order chi connectivity index (χ0) is 21.1. The first-order valence-electron chi connectivity index (χ1n) is 9.87. The van der Waals surface area contributed by atoms with Crippen LogP contribution in [0, 0.1) is 29.4 Å². The standard InChI is InChI=1S/C22H20BrF2N3O2/c1-13-2-3-18(26-8-13)30-12-21-9-22(10-21,11-21)20(29)28-17(4-5-27-28)14-6-15(24)19(23)16(25)7-14/h2-3,5-8,17H,4,9-12H2,1H3. The van der Waals surface area contributed by atoms with Gasteiger partial charge >= 0.3 is 0 Å². The van der Waals surface area contributed by atoms with Crippen LogP contribution in [0.25, 0.3) is 0 Å². The summed E-state index contributed by atoms with van der Waals surface area (Å²) in [7, 11) is 0. The second-order valence-corrected chi connectivity index (χ2v) is 9.56. The summed E-state index contributed by atoms with van der Waals surface area (Å²) in [5.41, 5.74) is 1.06. The van der Waals surface area contributed by atoms with Crippen molar-refractivity contribution in [2.75, 3.05) is 6.61 Å². The second kappa shape index (κ2) is 6.83. The topological polar surface area (TPSA) is 54.8 Å². The third kappa shape index (κ3) is 3.04. The number of hydrazone groups is 1. The number of halogens is 3. The number of hydrogen-bond acceptors (Lipinski definition) is 4. The molecule has 1 unspecified atom stereocenters. The highest BCUT2D eigenvalue weighted by atomic mass is 79.9. The predicted octanol–water partition coefficient (Wildman–Crippen LogP) is 4.94. The SMILES string of the molecule is Cc1ccc(OCC23CC(C(=O)N4N=CCC4c4cc(F)c(Br)c(F)c4)(C2)C3)nc1. The fourth-order valence-electron chi connectivity index (χ4n) is 5.04. The van der Waals surface area contributed by atoms with E-state index in [-0.39, 0.29) is 15.8 Å². The minimum absolute atomic E-state index is 0.0109. The van der Waals surface area contributed by atoms with Crippen LogP contribution in [0.3, 0.4) is 0 Å². The molecule has 3 aliphatic carbocycles. The van der Waals surface area contributed by atoms with Crippen molar-refractivity contribution < 1.29 is 18.3 Å². The summed E-state index contributed by atoms with van der Waals surface area (Å²) in [5.74, 6) is -0.846. The zero-order valence-corrected chi connectivity index (χ0v) is 18.0. The van der Waals surface area contributed by atoms with Crippen LogP contribution in [0.2, 0.25) is 0 Å². The van der Waals surface area contributed by atoms with Gasteiger partial charge in [0.2, 0.25) is 11.8 Å². The molecule has 0 radical (unpaired) electrons. The Labute approximate surface area is 181 Å². The maximum Gasteiger partial charge on any atom is 0.249 e. The minimum atomic E-state index is -0.685. The molecule has 156 valence electrons. The Balaban J connectivity index is 1.24. The summed E-state index contributed by atoms with van der Waals surface area (Å²) in [5, 5.41) is 5.64. The molecule has 2 aromatic rings. The van der Waals surface area contributed by atoms with E-state index >= 15 is 0 Å². The van der Waals surface area contributed by atoms with Crippen molar-refractivity contribution in [2.45, 2.75) is 38.6 Å². The molecule has 3 saturated carbocycles. The van der Waals surface area contributed by atoms with Crippen LogP contribution in [-0.4, -0.2) is 28.7 Å². The van der Waals surface area contributed by atoms with Crippen molar-refractivity contribution in [1.29, 1.82) is 0 Å². The van der Waals surface area contributed by atoms with Crippen molar-refractivity contribution in [3.8, 4) is 5.88 Å². The van der Waals surface area contributed by atoms with E-state index in [1.54, 1.807) is 12.4 Å². The maximum absolute atomic E-state index is 14.0. The molecule has 0 spiro atoms. The fourth-order valence-corrected chi connectivity index (χ4v) is 5.27. The molecule has 4 aliphatic rings. The monoisotopic (exact) mass is 475 g/mol. The first kappa shape index (κ1) is 19.6. The number of hydrogen-bond donors (Lipinski definition) is 0. The van der Waals surface area contributed by atoms with Crippen LogP contribution < -0.4 is 4.74 Å². The van der Waals surface area contributed by atoms with Gasteiger partial charge < -0.3 is 4.74 Å². The van der Waals surface area contributed by atoms with Crippen molar-refractivity contribution in [3.05, 3.63) is 57.7 Å². The molecule has 1 aromatic heterocycles. The van der Waals surface area contributed by atoms with Gasteiger partial charge in [-0.2, -0.15) is 5.10 Å². The van der Waals surface area contributed by atoms with Crippen LogP contribution in [0.1, 0.15) is 42.9 Å². The van der Waals surface area contributed by atoms with Gasteiger partial charge in [0.15, 0.2) is 0 Å². The molecular weight excluding hydrogens is 456 g/mol. The van der Waals surface area contributed by atoms with Crippen LogP contribution in [0.5, 0.6) is 5.88 Å². The first-order chi connectivity index (χ1) is 14.3. The second-order valence-electron chi connectivity index (χ2n) is 8.77. The normalized spacial score (nSPS) is 28.8. The molecule has 2 heterocycles. The number of amides is 1. The van der Waals surface area contributed by atoms with Crippen LogP contribution in [0.15, 0.2) is 40.0 Å². The number of ether oxygens (including phenoxy) is 1. The molecule has 1 aliphatic heterocycles. The van der Waals surface area contributed by atoms with E-state index in [4.69, 9.17) is 4.74 Å². The number of carbonyl (C=O) groups is 1. The molecule has 6 rings (SSSR count). The number of carbonyl (C=O) groups excluding carboxylic acids is 1. The molecular formula is C22H20BrF2N3O2. The smallest absolute Gasteiger partial charge is 0.249 e. The Kier molecular flexibility index (Phi) is 4.47. The molecule has 30 heavy (non-hydrogen) atoms. The van der Waals surface area contributed by atoms with Crippen molar-refractivity contribution in [1.82, 2.24) is 9.99 Å². The average molecular weight is 476 g/mol. The van der Waals surface area contributed by atoms with Gasteiger partial charge in [-0.1, -0.05) is 6.07 Å². The molecule has 0 N–H and O–H groups in total. The Morgan fingerprint density at radius 1 is 1.27 bits per heavy atom. The minimum Gasteiger partial charge on any atom is -0.477 e. The lowest BCUT2D eigenvalue weighted by molar-refractivity contribution is -0.227. The van der Waals surface area contributed by atoms with Crippen LogP contribution in [0.4, 0.5) is 8.78 Å². The van der Waals surface area contributed by atoms with Crippen LogP contribution >= 0.6 is 15.9 Å². The Hall–Kier alpha value is -2.35. The van der Waals surface area contributed by atoms with Gasteiger partial charge in [-0.15, -0.1) is 0 Å². The lowest BCUT2D eigenvalue weighted by Gasteiger charge is -2.69. The average Bonchev–Trinajstić information content (AvgIpc) is 3.14. The summed E-state index contributed by atoms with van der Waals surface area (Å²) in [6, 6.07) is 5.85. The third-order valence-electron chi connectivity index (χ3n) is 6.43. The summed E-state index contributed by atoms with van der Waals surface area (Å²) >= 11 is 2.89. The first-order valence-corrected chi connectivity index (χ1v) is 10.7. The van der Waals surface area contributed by atoms with Gasteiger partial charge in [-0.3, -0.25) is 4.79 Å². The Bertz CT molecular complexity index is 1010. The van der Waals surface area contributed by atoms with Gasteiger partial charge in [0, 0.05) is 30.3 Å². The van der Waals surface area contributed by atoms with E-state index in [0.717, 1.165) is 24.8 Å². The van der Waals surface area contributed by atoms with E-state index in [2.05, 4.69) is 26.0 Å². The summed E-state index contributed by atoms with van der Waals surface area (Å²) in [6.45, 7) is 2.51. The third-order valence-corrected chi connectivity index (χ3v) is 7.19. The molecule has 5 nitrogen and oxygen atoms in total. The van der Waals surface area contributed by atoms with Gasteiger partial charge in [-0.25, -0.2) is 18.8 Å². The van der Waals surface area contributed by atoms with Gasteiger partial charge in [0.05, 0.1) is 22.5 Å². The van der Waals surface area contributed by atoms with Gasteiger partial charge in [0.25, 0.3) is 0 Å². The number of aryl methyl sites for hydroxylation is 1. The van der Waals surface area contributed by atoms with Crippen molar-refractivity contribution in [2.24, 2.45) is 15.9 Å². The highest BCUT2D eigenvalue weighted by Gasteiger charge is 2.73. The summed E-state index contributed by atoms with van der Waals surface area (Å²) in [6.07, 6.45) is 6.07. The van der Waals surface area contributed by atoms with Gasteiger partial charge in [0.1, 0.15) is 11.6 Å². The molecule has 8 heteroatoms. The number of rotatable bonds is 5. The van der Waals surface area contributed by atoms with Gasteiger partial charge in [-0.05, 0) is 65.4 Å². The zero-order valence-electron chi connectivity index (χ0n) is 16.4. The van der Waals surface area contributed by atoms with E-state index in [1.165, 1.54) is 17.1 Å². The Morgan fingerprint density at radius 3 is 2.60 bits per heavy atom. The summed E-state index contributed by atoms with van der Waals surface area (Å²) < 4.78 is 33.6. The number of pyridine rings is 1. The Morgan fingerprint density at radius 2 is 1.97 bits per heavy atom. The molecule has 0 saturated heterocycles. The van der Waals surface area contributed by atoms with E-state index in [0.29, 0.717) is 24.5 Å². The fraction of sp³-hybridized carbons (Fsp3) is 0.409. The summed E-state index contributed by atoms with van der Waals surface area (Å²) in [4.78, 5) is 17.5. The largest absolute Gasteiger partial charge is 0.477 e. The number of nitrogens with zero attached hydrogens (tertiary/aromatic N) is 3. The highest BCUT2D eigenvalue weighted by molar-refractivity contribution is 9.10. The molecule has 2 bridgehead atoms. The number of aromatic nitrogens is 1. The van der Waals surface area contributed by atoms with Crippen molar-refractivity contribution in [3.63, 3.8) is 0 Å². The highest BCUT2D eigenvalue weighted by Crippen LogP contribution is 2.74. The van der Waals surface area contributed by atoms with E-state index < -0.39 is 23.1 Å². The van der Waals surface area contributed by atoms with E-state index in [9.17, 15) is 13.6 Å². The number of benzene rings is 1. The van der Waals surface area contributed by atoms with Crippen LogP contribution in [-0.2, 0) is 4.79 Å². The molecule has 1 amide bonds. The molecule has 1 atom stereocenters. The predicted molar refractivity (Wildman–Crippen MR) is 110 cm³/mol. The quantitative estimate of drug-likeness (QED) is 0.575. The lowest BCUT2D eigenvalue weighted by Crippen LogP contribution is -2.69. The van der Waals surface area contributed by atoms with E-state index in [1.807, 2.05) is 19.1 Å². The molecule has 3 fully saturated rings. The maximum atomic E-state index is 14.0. The lowest BCUT2D eigenvalue weighted by atomic mass is 9.35. The molecule has 1 aromatic carbocycles.